The van der Waals surface area contributed by atoms with Gasteiger partial charge in [-0.1, -0.05) is 30.3 Å². The van der Waals surface area contributed by atoms with Gasteiger partial charge in [0.2, 0.25) is 0 Å². The number of esters is 1. The summed E-state index contributed by atoms with van der Waals surface area (Å²) >= 11 is 0. The summed E-state index contributed by atoms with van der Waals surface area (Å²) < 4.78 is 20.4. The van der Waals surface area contributed by atoms with Gasteiger partial charge in [0.05, 0.1) is 12.1 Å². The SMILES string of the molecule is O=C(Cc1ccccc1F)OCc1ccc(-n2cccn2)cc1. The Kier molecular flexibility index (Phi) is 4.47. The molecule has 116 valence electrons. The smallest absolute Gasteiger partial charge is 0.310 e. The second-order valence-electron chi connectivity index (χ2n) is 5.05. The van der Waals surface area contributed by atoms with Gasteiger partial charge in [0.15, 0.2) is 0 Å². The third-order valence-electron chi connectivity index (χ3n) is 3.40. The fourth-order valence-corrected chi connectivity index (χ4v) is 2.18. The molecule has 2 aromatic carbocycles. The molecule has 0 saturated heterocycles. The lowest BCUT2D eigenvalue weighted by Crippen LogP contribution is -2.09. The van der Waals surface area contributed by atoms with Gasteiger partial charge in [-0.2, -0.15) is 5.10 Å². The second-order valence-corrected chi connectivity index (χ2v) is 5.05. The zero-order valence-electron chi connectivity index (χ0n) is 12.4. The van der Waals surface area contributed by atoms with Gasteiger partial charge in [-0.25, -0.2) is 9.07 Å². The first-order valence-corrected chi connectivity index (χ1v) is 7.20. The lowest BCUT2D eigenvalue weighted by atomic mass is 10.1. The van der Waals surface area contributed by atoms with Crippen LogP contribution in [0.25, 0.3) is 5.69 Å². The highest BCUT2D eigenvalue weighted by molar-refractivity contribution is 5.72. The van der Waals surface area contributed by atoms with Crippen LogP contribution >= 0.6 is 0 Å². The quantitative estimate of drug-likeness (QED) is 0.679. The maximum atomic E-state index is 13.5. The van der Waals surface area contributed by atoms with E-state index in [9.17, 15) is 9.18 Å². The monoisotopic (exact) mass is 310 g/mol. The van der Waals surface area contributed by atoms with Crippen molar-refractivity contribution < 1.29 is 13.9 Å². The van der Waals surface area contributed by atoms with E-state index < -0.39 is 11.8 Å². The van der Waals surface area contributed by atoms with Crippen LogP contribution in [-0.4, -0.2) is 15.7 Å². The van der Waals surface area contributed by atoms with E-state index in [1.807, 2.05) is 36.5 Å². The van der Waals surface area contributed by atoms with Crippen LogP contribution < -0.4 is 0 Å². The molecule has 0 atom stereocenters. The van der Waals surface area contributed by atoms with E-state index in [2.05, 4.69) is 5.10 Å². The van der Waals surface area contributed by atoms with Gasteiger partial charge in [-0.05, 0) is 35.4 Å². The molecule has 0 spiro atoms. The Hall–Kier alpha value is -2.95. The van der Waals surface area contributed by atoms with E-state index in [-0.39, 0.29) is 13.0 Å². The molecular formula is C18H15FN2O2. The first-order valence-electron chi connectivity index (χ1n) is 7.20. The summed E-state index contributed by atoms with van der Waals surface area (Å²) in [7, 11) is 0. The van der Waals surface area contributed by atoms with Gasteiger partial charge in [0, 0.05) is 12.4 Å². The van der Waals surface area contributed by atoms with Crippen molar-refractivity contribution in [3.8, 4) is 5.69 Å². The normalized spacial score (nSPS) is 10.5. The molecule has 23 heavy (non-hydrogen) atoms. The highest BCUT2D eigenvalue weighted by Gasteiger charge is 2.09. The molecule has 0 aliphatic heterocycles. The Balaban J connectivity index is 1.56. The summed E-state index contributed by atoms with van der Waals surface area (Å²) in [5.74, 6) is -0.848. The molecule has 0 radical (unpaired) electrons. The molecule has 3 aromatic rings. The standard InChI is InChI=1S/C18H15FN2O2/c19-17-5-2-1-4-15(17)12-18(22)23-13-14-6-8-16(9-7-14)21-11-3-10-20-21/h1-11H,12-13H2. The van der Waals surface area contributed by atoms with Gasteiger partial charge in [-0.3, -0.25) is 4.79 Å². The van der Waals surface area contributed by atoms with Crippen molar-refractivity contribution in [2.75, 3.05) is 0 Å². The minimum Gasteiger partial charge on any atom is -0.461 e. The van der Waals surface area contributed by atoms with Crippen molar-refractivity contribution in [1.29, 1.82) is 0 Å². The minimum absolute atomic E-state index is 0.0714. The molecule has 0 aliphatic rings. The van der Waals surface area contributed by atoms with E-state index >= 15 is 0 Å². The van der Waals surface area contributed by atoms with Crippen molar-refractivity contribution in [2.45, 2.75) is 13.0 Å². The number of nitrogens with zero attached hydrogens (tertiary/aromatic N) is 2. The van der Waals surface area contributed by atoms with Crippen LogP contribution in [0, 0.1) is 5.82 Å². The topological polar surface area (TPSA) is 44.1 Å². The first kappa shape index (κ1) is 15.0. The Labute approximate surface area is 133 Å². The van der Waals surface area contributed by atoms with Crippen LogP contribution in [0.4, 0.5) is 4.39 Å². The van der Waals surface area contributed by atoms with Crippen LogP contribution in [0.1, 0.15) is 11.1 Å². The zero-order valence-corrected chi connectivity index (χ0v) is 12.4. The van der Waals surface area contributed by atoms with Crippen LogP contribution in [0.3, 0.4) is 0 Å². The molecule has 0 fully saturated rings. The van der Waals surface area contributed by atoms with Crippen LogP contribution in [0.5, 0.6) is 0 Å². The first-order chi connectivity index (χ1) is 11.2. The molecule has 0 saturated carbocycles. The molecule has 1 aromatic heterocycles. The fourth-order valence-electron chi connectivity index (χ4n) is 2.18. The summed E-state index contributed by atoms with van der Waals surface area (Å²) in [4.78, 5) is 11.8. The van der Waals surface area contributed by atoms with E-state index in [0.29, 0.717) is 5.56 Å². The van der Waals surface area contributed by atoms with Gasteiger partial charge >= 0.3 is 5.97 Å². The summed E-state index contributed by atoms with van der Waals surface area (Å²) in [5, 5.41) is 4.14. The molecule has 0 aliphatic carbocycles. The van der Waals surface area contributed by atoms with E-state index in [1.54, 1.807) is 29.1 Å². The van der Waals surface area contributed by atoms with Crippen molar-refractivity contribution in [2.24, 2.45) is 0 Å². The maximum absolute atomic E-state index is 13.5. The van der Waals surface area contributed by atoms with Crippen LogP contribution in [0.15, 0.2) is 67.0 Å². The number of ether oxygens (including phenoxy) is 1. The predicted molar refractivity (Wildman–Crippen MR) is 83.5 cm³/mol. The number of benzene rings is 2. The van der Waals surface area contributed by atoms with Crippen LogP contribution in [0.2, 0.25) is 0 Å². The molecule has 0 amide bonds. The Morgan fingerprint density at radius 2 is 1.87 bits per heavy atom. The molecular weight excluding hydrogens is 295 g/mol. The molecule has 5 heteroatoms. The molecule has 3 rings (SSSR count). The predicted octanol–water partition coefficient (Wildman–Crippen LogP) is 3.30. The van der Waals surface area contributed by atoms with E-state index in [0.717, 1.165) is 11.3 Å². The van der Waals surface area contributed by atoms with E-state index in [4.69, 9.17) is 4.74 Å². The highest BCUT2D eigenvalue weighted by Crippen LogP contribution is 2.11. The number of rotatable bonds is 5. The van der Waals surface area contributed by atoms with Gasteiger partial charge in [0.1, 0.15) is 12.4 Å². The molecule has 0 N–H and O–H groups in total. The largest absolute Gasteiger partial charge is 0.461 e. The second kappa shape index (κ2) is 6.87. The third-order valence-corrected chi connectivity index (χ3v) is 3.40. The average Bonchev–Trinajstić information content (AvgIpc) is 3.10. The van der Waals surface area contributed by atoms with Gasteiger partial charge < -0.3 is 4.74 Å². The summed E-state index contributed by atoms with van der Waals surface area (Å²) in [6, 6.07) is 15.6. The van der Waals surface area contributed by atoms with Gasteiger partial charge in [-0.15, -0.1) is 0 Å². The number of hydrogen-bond donors (Lipinski definition) is 0. The van der Waals surface area contributed by atoms with Crippen LogP contribution in [-0.2, 0) is 22.6 Å². The zero-order chi connectivity index (χ0) is 16.1. The number of carbonyl (C=O) groups excluding carboxylic acids is 1. The molecule has 0 unspecified atom stereocenters. The molecule has 1 heterocycles. The highest BCUT2D eigenvalue weighted by atomic mass is 19.1. The summed E-state index contributed by atoms with van der Waals surface area (Å²) in [6.45, 7) is 0.159. The Morgan fingerprint density at radius 3 is 2.57 bits per heavy atom. The fraction of sp³-hybridized carbons (Fsp3) is 0.111. The number of hydrogen-bond acceptors (Lipinski definition) is 3. The number of carbonyl (C=O) groups is 1. The Bertz CT molecular complexity index is 783. The van der Waals surface area contributed by atoms with Crippen molar-refractivity contribution in [3.63, 3.8) is 0 Å². The average molecular weight is 310 g/mol. The molecule has 4 nitrogen and oxygen atoms in total. The summed E-state index contributed by atoms with van der Waals surface area (Å²) in [5.41, 5.74) is 2.13. The van der Waals surface area contributed by atoms with Gasteiger partial charge in [0.25, 0.3) is 0 Å². The number of aromatic nitrogens is 2. The van der Waals surface area contributed by atoms with Crippen molar-refractivity contribution in [1.82, 2.24) is 9.78 Å². The maximum Gasteiger partial charge on any atom is 0.310 e. The number of halogens is 1. The lowest BCUT2D eigenvalue weighted by molar-refractivity contribution is -0.144. The molecule has 0 bridgehead atoms. The summed E-state index contributed by atoms with van der Waals surface area (Å²) in [6.07, 6.45) is 3.49. The lowest BCUT2D eigenvalue weighted by Gasteiger charge is -2.07. The van der Waals surface area contributed by atoms with E-state index in [1.165, 1.54) is 6.07 Å². The van der Waals surface area contributed by atoms with Crippen molar-refractivity contribution >= 4 is 5.97 Å². The van der Waals surface area contributed by atoms with Crippen molar-refractivity contribution in [3.05, 3.63) is 83.9 Å². The third kappa shape index (κ3) is 3.83. The minimum atomic E-state index is -0.453. The Morgan fingerprint density at radius 1 is 1.09 bits per heavy atom.